The molecule has 1 fully saturated rings. The molecule has 4 rings (SSSR count). The second kappa shape index (κ2) is 9.60. The molecule has 0 aliphatic carbocycles. The highest BCUT2D eigenvalue weighted by Gasteiger charge is 2.26. The van der Waals surface area contributed by atoms with Crippen LogP contribution in [0.3, 0.4) is 0 Å². The van der Waals surface area contributed by atoms with Gasteiger partial charge in [0.1, 0.15) is 5.82 Å². The van der Waals surface area contributed by atoms with Crippen molar-refractivity contribution in [2.75, 3.05) is 25.0 Å². The molecule has 1 aromatic carbocycles. The molecule has 0 bridgehead atoms. The molecule has 8 heteroatoms. The number of hydrogen-bond acceptors (Lipinski definition) is 3. The molecule has 7 nitrogen and oxygen atoms in total. The van der Waals surface area contributed by atoms with Crippen molar-refractivity contribution in [2.24, 2.45) is 0 Å². The smallest absolute Gasteiger partial charge is 0.256 e. The summed E-state index contributed by atoms with van der Waals surface area (Å²) in [4.78, 5) is 42.4. The molecular formula is C25H29FN4O3. The minimum atomic E-state index is -0.419. The second-order valence-electron chi connectivity index (χ2n) is 8.67. The lowest BCUT2D eigenvalue weighted by Gasteiger charge is -2.20. The number of H-pyrrole nitrogens is 1. The van der Waals surface area contributed by atoms with E-state index < -0.39 is 5.82 Å². The Bertz CT molecular complexity index is 1130. The molecule has 1 aromatic heterocycles. The van der Waals surface area contributed by atoms with Crippen molar-refractivity contribution in [3.05, 3.63) is 52.1 Å². The van der Waals surface area contributed by atoms with Crippen LogP contribution in [0.15, 0.2) is 18.2 Å². The van der Waals surface area contributed by atoms with E-state index in [1.807, 2.05) is 18.7 Å². The van der Waals surface area contributed by atoms with E-state index in [1.54, 1.807) is 6.08 Å². The maximum Gasteiger partial charge on any atom is 0.256 e. The van der Waals surface area contributed by atoms with E-state index in [4.69, 9.17) is 0 Å². The first-order valence-electron chi connectivity index (χ1n) is 11.4. The Balaban J connectivity index is 1.43. The van der Waals surface area contributed by atoms with Crippen LogP contribution in [-0.4, -0.2) is 47.2 Å². The maximum atomic E-state index is 13.7. The number of nitrogens with zero attached hydrogens (tertiary/aromatic N) is 1. The Morgan fingerprint density at radius 1 is 1.21 bits per heavy atom. The predicted molar refractivity (Wildman–Crippen MR) is 125 cm³/mol. The minimum Gasteiger partial charge on any atom is -0.358 e. The average molecular weight is 453 g/mol. The van der Waals surface area contributed by atoms with Crippen LogP contribution in [0.1, 0.15) is 65.0 Å². The molecule has 0 radical (unpaired) electrons. The summed E-state index contributed by atoms with van der Waals surface area (Å²) in [6.45, 7) is 5.54. The van der Waals surface area contributed by atoms with Gasteiger partial charge in [-0.15, -0.1) is 0 Å². The highest BCUT2D eigenvalue weighted by Crippen LogP contribution is 2.34. The molecule has 3 amide bonds. The molecule has 3 heterocycles. The molecule has 33 heavy (non-hydrogen) atoms. The van der Waals surface area contributed by atoms with E-state index in [9.17, 15) is 18.8 Å². The largest absolute Gasteiger partial charge is 0.358 e. The van der Waals surface area contributed by atoms with Gasteiger partial charge in [-0.25, -0.2) is 4.39 Å². The maximum absolute atomic E-state index is 13.7. The van der Waals surface area contributed by atoms with Crippen LogP contribution in [0.5, 0.6) is 0 Å². The molecular weight excluding hydrogens is 423 g/mol. The lowest BCUT2D eigenvalue weighted by molar-refractivity contribution is -0.130. The van der Waals surface area contributed by atoms with Crippen LogP contribution in [0.25, 0.3) is 11.6 Å². The van der Waals surface area contributed by atoms with Gasteiger partial charge in [-0.05, 0) is 62.9 Å². The molecule has 2 aromatic rings. The van der Waals surface area contributed by atoms with Crippen LogP contribution in [0, 0.1) is 19.7 Å². The number of rotatable bonds is 6. The lowest BCUT2D eigenvalue weighted by Crippen LogP contribution is -2.34. The van der Waals surface area contributed by atoms with Gasteiger partial charge in [0, 0.05) is 48.7 Å². The quantitative estimate of drug-likeness (QED) is 0.460. The van der Waals surface area contributed by atoms with Gasteiger partial charge in [0.2, 0.25) is 5.91 Å². The van der Waals surface area contributed by atoms with Crippen molar-refractivity contribution in [3.8, 4) is 0 Å². The predicted octanol–water partition coefficient (Wildman–Crippen LogP) is 3.79. The number of aromatic nitrogens is 1. The van der Waals surface area contributed by atoms with Crippen LogP contribution >= 0.6 is 0 Å². The van der Waals surface area contributed by atoms with Crippen molar-refractivity contribution >= 4 is 35.1 Å². The molecule has 0 saturated carbocycles. The van der Waals surface area contributed by atoms with Gasteiger partial charge in [0.05, 0.1) is 11.1 Å². The van der Waals surface area contributed by atoms with Crippen molar-refractivity contribution < 1.29 is 18.8 Å². The van der Waals surface area contributed by atoms with Gasteiger partial charge in [0.25, 0.3) is 11.8 Å². The topological polar surface area (TPSA) is 94.3 Å². The Labute approximate surface area is 192 Å². The Hall–Kier alpha value is -3.42. The van der Waals surface area contributed by atoms with Gasteiger partial charge >= 0.3 is 0 Å². The molecule has 2 aliphatic rings. The Morgan fingerprint density at radius 2 is 2.03 bits per heavy atom. The summed E-state index contributed by atoms with van der Waals surface area (Å²) in [7, 11) is 0. The fraction of sp³-hybridized carbons (Fsp3) is 0.400. The number of amides is 3. The number of aromatic amines is 1. The van der Waals surface area contributed by atoms with Gasteiger partial charge in [-0.2, -0.15) is 0 Å². The number of nitrogens with one attached hydrogen (secondary N) is 3. The van der Waals surface area contributed by atoms with Crippen molar-refractivity contribution in [2.45, 2.75) is 46.0 Å². The Kier molecular flexibility index (Phi) is 6.62. The summed E-state index contributed by atoms with van der Waals surface area (Å²) in [5, 5.41) is 5.67. The van der Waals surface area contributed by atoms with Crippen molar-refractivity contribution in [1.29, 1.82) is 0 Å². The standard InChI is InChI=1S/C25H29FN4O3/c1-15-21(14-19-18-13-17(26)8-9-20(18)29-24(19)32)28-16(2)23(15)25(33)27-10-6-12-30-11-5-3-4-7-22(30)31/h8-9,13-14,28H,3-7,10-12H2,1-2H3,(H,27,33)(H,29,32)/b19-14-. The highest BCUT2D eigenvalue weighted by molar-refractivity contribution is 6.34. The fourth-order valence-corrected chi connectivity index (χ4v) is 4.54. The Morgan fingerprint density at radius 3 is 2.85 bits per heavy atom. The van der Waals surface area contributed by atoms with Crippen LogP contribution in [-0.2, 0) is 9.59 Å². The molecule has 174 valence electrons. The van der Waals surface area contributed by atoms with Gasteiger partial charge in [-0.1, -0.05) is 6.42 Å². The number of fused-ring (bicyclic) bond motifs is 1. The second-order valence-corrected chi connectivity index (χ2v) is 8.67. The third-order valence-corrected chi connectivity index (χ3v) is 6.32. The molecule has 3 N–H and O–H groups in total. The summed E-state index contributed by atoms with van der Waals surface area (Å²) in [6, 6.07) is 4.17. The third kappa shape index (κ3) is 4.84. The SMILES string of the molecule is Cc1[nH]c(/C=C2\C(=O)Nc3ccc(F)cc32)c(C)c1C(=O)NCCCN1CCCCCC1=O. The van der Waals surface area contributed by atoms with E-state index >= 15 is 0 Å². The number of aryl methyl sites for hydroxylation is 1. The van der Waals surface area contributed by atoms with Gasteiger partial charge in [0.15, 0.2) is 0 Å². The zero-order valence-corrected chi connectivity index (χ0v) is 19.0. The summed E-state index contributed by atoms with van der Waals surface area (Å²) < 4.78 is 13.7. The number of carbonyl (C=O) groups excluding carboxylic acids is 3. The van der Waals surface area contributed by atoms with Crippen LogP contribution < -0.4 is 10.6 Å². The first-order valence-corrected chi connectivity index (χ1v) is 11.4. The normalized spacial score (nSPS) is 17.2. The number of hydrogen-bond donors (Lipinski definition) is 3. The van der Waals surface area contributed by atoms with E-state index in [0.717, 1.165) is 31.4 Å². The number of benzene rings is 1. The summed E-state index contributed by atoms with van der Waals surface area (Å²) in [5.41, 5.74) is 3.99. The monoisotopic (exact) mass is 452 g/mol. The first kappa shape index (κ1) is 22.8. The highest BCUT2D eigenvalue weighted by atomic mass is 19.1. The zero-order chi connectivity index (χ0) is 23.5. The molecule has 0 atom stereocenters. The number of likely N-dealkylation sites (tertiary alicyclic amines) is 1. The first-order chi connectivity index (χ1) is 15.8. The summed E-state index contributed by atoms with van der Waals surface area (Å²) in [5.74, 6) is -0.726. The minimum absolute atomic E-state index is 0.199. The van der Waals surface area contributed by atoms with Crippen LogP contribution in [0.4, 0.5) is 10.1 Å². The average Bonchev–Trinajstić information content (AvgIpc) is 3.13. The lowest BCUT2D eigenvalue weighted by atomic mass is 10.0. The number of halogens is 1. The fourth-order valence-electron chi connectivity index (χ4n) is 4.54. The molecule has 0 unspecified atom stereocenters. The summed E-state index contributed by atoms with van der Waals surface area (Å²) >= 11 is 0. The summed E-state index contributed by atoms with van der Waals surface area (Å²) in [6.07, 6.45) is 6.05. The third-order valence-electron chi connectivity index (χ3n) is 6.32. The zero-order valence-electron chi connectivity index (χ0n) is 19.0. The van der Waals surface area contributed by atoms with Crippen molar-refractivity contribution in [3.63, 3.8) is 0 Å². The van der Waals surface area contributed by atoms with Crippen molar-refractivity contribution in [1.82, 2.24) is 15.2 Å². The van der Waals surface area contributed by atoms with E-state index in [-0.39, 0.29) is 17.7 Å². The van der Waals surface area contributed by atoms with E-state index in [1.165, 1.54) is 18.2 Å². The van der Waals surface area contributed by atoms with Crippen LogP contribution in [0.2, 0.25) is 0 Å². The molecule has 0 spiro atoms. The number of anilines is 1. The van der Waals surface area contributed by atoms with Gasteiger partial charge < -0.3 is 20.5 Å². The molecule has 1 saturated heterocycles. The van der Waals surface area contributed by atoms with E-state index in [0.29, 0.717) is 59.7 Å². The number of carbonyl (C=O) groups is 3. The van der Waals surface area contributed by atoms with Gasteiger partial charge in [-0.3, -0.25) is 14.4 Å². The molecule has 2 aliphatic heterocycles. The van der Waals surface area contributed by atoms with E-state index in [2.05, 4.69) is 15.6 Å².